The van der Waals surface area contributed by atoms with Gasteiger partial charge in [-0.2, -0.15) is 0 Å². The van der Waals surface area contributed by atoms with Crippen LogP contribution in [0.5, 0.6) is 0 Å². The van der Waals surface area contributed by atoms with Gasteiger partial charge in [0.1, 0.15) is 0 Å². The summed E-state index contributed by atoms with van der Waals surface area (Å²) in [4.78, 5) is 4.23. The minimum atomic E-state index is 1.10. The number of para-hydroxylation sites is 2. The van der Waals surface area contributed by atoms with Gasteiger partial charge in [-0.3, -0.25) is 4.98 Å². The summed E-state index contributed by atoms with van der Waals surface area (Å²) >= 11 is 0. The van der Waals surface area contributed by atoms with Crippen LogP contribution in [0, 0.1) is 0 Å². The average Bonchev–Trinajstić information content (AvgIpc) is 3.48. The van der Waals surface area contributed by atoms with Crippen LogP contribution in [0.25, 0.3) is 82.1 Å². The lowest BCUT2D eigenvalue weighted by atomic mass is 9.87. The van der Waals surface area contributed by atoms with Crippen molar-refractivity contribution in [2.45, 2.75) is 13.3 Å². The summed E-state index contributed by atoms with van der Waals surface area (Å²) < 4.78 is 2.37. The Bertz CT molecular complexity index is 2500. The highest BCUT2D eigenvalue weighted by Gasteiger charge is 2.16. The molecule has 0 aliphatic carbocycles. The van der Waals surface area contributed by atoms with Crippen molar-refractivity contribution in [3.63, 3.8) is 0 Å². The fourth-order valence-corrected chi connectivity index (χ4v) is 7.06. The fourth-order valence-electron chi connectivity index (χ4n) is 7.06. The Morgan fingerprint density at radius 3 is 1.57 bits per heavy atom. The normalized spacial score (nSPS) is 11.6. The van der Waals surface area contributed by atoms with Crippen molar-refractivity contribution in [1.82, 2.24) is 9.55 Å². The van der Waals surface area contributed by atoms with Crippen molar-refractivity contribution in [3.8, 4) is 27.9 Å². The van der Waals surface area contributed by atoms with Gasteiger partial charge in [0.25, 0.3) is 0 Å². The van der Waals surface area contributed by atoms with Gasteiger partial charge >= 0.3 is 0 Å². The van der Waals surface area contributed by atoms with Gasteiger partial charge in [0, 0.05) is 28.9 Å². The molecule has 9 rings (SSSR count). The first-order chi connectivity index (χ1) is 23.3. The molecule has 9 aromatic rings. The molecule has 2 aromatic heterocycles. The molecule has 0 spiro atoms. The number of benzene rings is 7. The predicted octanol–water partition coefficient (Wildman–Crippen LogP) is 12.5. The Morgan fingerprint density at radius 1 is 0.553 bits per heavy atom. The van der Waals surface area contributed by atoms with Crippen molar-refractivity contribution in [2.24, 2.45) is 0 Å². The van der Waals surface area contributed by atoms with E-state index in [1.54, 1.807) is 6.08 Å². The van der Waals surface area contributed by atoms with Crippen LogP contribution in [0.4, 0.5) is 0 Å². The molecule has 0 aliphatic heterocycles. The smallest absolute Gasteiger partial charge is 0.0541 e. The zero-order chi connectivity index (χ0) is 31.7. The second-order valence-corrected chi connectivity index (χ2v) is 11.9. The van der Waals surface area contributed by atoms with Crippen LogP contribution in [-0.4, -0.2) is 9.55 Å². The molecule has 7 aromatic carbocycles. The van der Waals surface area contributed by atoms with Crippen molar-refractivity contribution in [2.75, 3.05) is 0 Å². The minimum absolute atomic E-state index is 1.10. The van der Waals surface area contributed by atoms with Gasteiger partial charge in [0.2, 0.25) is 0 Å². The first-order valence-electron chi connectivity index (χ1n) is 16.2. The molecule has 2 heterocycles. The lowest BCUT2D eigenvalue weighted by Gasteiger charge is -2.17. The monoisotopic (exact) mass is 602 g/mol. The lowest BCUT2D eigenvalue weighted by Crippen LogP contribution is -1.94. The SMILES string of the molecule is C=C/C=C\CC.c1ccc2c(c1)c1ccccc1n2-c1ccc(-c2ccc3ccc4c(-c5ccncc5)ccc5ccc2c3c54)cc1. The molecule has 0 saturated heterocycles. The van der Waals surface area contributed by atoms with Crippen molar-refractivity contribution >= 4 is 54.1 Å². The molecular weight excluding hydrogens is 569 g/mol. The maximum atomic E-state index is 4.23. The van der Waals surface area contributed by atoms with E-state index in [0.717, 1.165) is 6.42 Å². The van der Waals surface area contributed by atoms with E-state index in [0.29, 0.717) is 0 Å². The van der Waals surface area contributed by atoms with E-state index >= 15 is 0 Å². The Morgan fingerprint density at radius 2 is 1.06 bits per heavy atom. The molecule has 0 aliphatic rings. The Balaban J connectivity index is 0.000000497. The summed E-state index contributed by atoms with van der Waals surface area (Å²) in [5.74, 6) is 0. The first kappa shape index (κ1) is 28.5. The van der Waals surface area contributed by atoms with Crippen LogP contribution >= 0.6 is 0 Å². The maximum Gasteiger partial charge on any atom is 0.0541 e. The molecule has 2 nitrogen and oxygen atoms in total. The molecule has 224 valence electrons. The van der Waals surface area contributed by atoms with E-state index in [1.165, 1.54) is 82.1 Å². The summed E-state index contributed by atoms with van der Waals surface area (Å²) in [6.45, 7) is 5.61. The quantitative estimate of drug-likeness (QED) is 0.142. The number of fused-ring (bicyclic) bond motifs is 3. The Kier molecular flexibility index (Phi) is 7.32. The summed E-state index contributed by atoms with van der Waals surface area (Å²) in [5.41, 5.74) is 8.56. The van der Waals surface area contributed by atoms with E-state index in [2.05, 4.69) is 163 Å². The van der Waals surface area contributed by atoms with Gasteiger partial charge in [-0.1, -0.05) is 129 Å². The summed E-state index contributed by atoms with van der Waals surface area (Å²) in [7, 11) is 0. The molecule has 0 N–H and O–H groups in total. The molecule has 0 fully saturated rings. The van der Waals surface area contributed by atoms with E-state index in [-0.39, 0.29) is 0 Å². The number of hydrogen-bond acceptors (Lipinski definition) is 1. The van der Waals surface area contributed by atoms with Crippen LogP contribution in [-0.2, 0) is 0 Å². The van der Waals surface area contributed by atoms with E-state index in [4.69, 9.17) is 0 Å². The van der Waals surface area contributed by atoms with Gasteiger partial charge in [0.05, 0.1) is 11.0 Å². The lowest BCUT2D eigenvalue weighted by molar-refractivity contribution is 1.18. The number of allylic oxidation sites excluding steroid dienone is 3. The van der Waals surface area contributed by atoms with Crippen LogP contribution in [0.3, 0.4) is 0 Å². The molecular formula is C45H34N2. The fraction of sp³-hybridized carbons (Fsp3) is 0.0444. The number of hydrogen-bond donors (Lipinski definition) is 0. The summed E-state index contributed by atoms with van der Waals surface area (Å²) in [6, 6.07) is 48.8. The Labute approximate surface area is 274 Å². The molecule has 0 unspecified atom stereocenters. The van der Waals surface area contributed by atoms with Gasteiger partial charge < -0.3 is 4.57 Å². The van der Waals surface area contributed by atoms with Crippen molar-refractivity contribution in [1.29, 1.82) is 0 Å². The highest BCUT2D eigenvalue weighted by molar-refractivity contribution is 6.27. The van der Waals surface area contributed by atoms with Crippen LogP contribution in [0.2, 0.25) is 0 Å². The largest absolute Gasteiger partial charge is 0.309 e. The molecule has 0 atom stereocenters. The maximum absolute atomic E-state index is 4.23. The van der Waals surface area contributed by atoms with Crippen LogP contribution in [0.1, 0.15) is 13.3 Å². The second-order valence-electron chi connectivity index (χ2n) is 11.9. The van der Waals surface area contributed by atoms with Crippen LogP contribution < -0.4 is 0 Å². The van der Waals surface area contributed by atoms with Gasteiger partial charge in [-0.15, -0.1) is 0 Å². The summed E-state index contributed by atoms with van der Waals surface area (Å²) in [6.07, 6.45) is 10.6. The molecule has 0 amide bonds. The molecule has 47 heavy (non-hydrogen) atoms. The van der Waals surface area contributed by atoms with Crippen LogP contribution in [0.15, 0.2) is 171 Å². The molecule has 0 radical (unpaired) electrons. The van der Waals surface area contributed by atoms with Crippen molar-refractivity contribution in [3.05, 3.63) is 171 Å². The van der Waals surface area contributed by atoms with E-state index in [9.17, 15) is 0 Å². The molecule has 0 saturated carbocycles. The molecule has 2 heteroatoms. The minimum Gasteiger partial charge on any atom is -0.309 e. The second kappa shape index (κ2) is 12.1. The van der Waals surface area contributed by atoms with Crippen molar-refractivity contribution < 1.29 is 0 Å². The highest BCUT2D eigenvalue weighted by atomic mass is 15.0. The standard InChI is InChI=1S/C39H24N2.C6H10/c1-3-7-36-32(5-1)33-6-2-4-8-37(33)41(36)29-15-9-25(10-16-29)30-17-11-27-14-20-35-31(26-21-23-40-24-22-26)18-12-28-13-19-34(30)38(27)39(28)35;1-3-5-6-4-2/h1-24H;3,5-6H,1,4H2,2H3/b;6-5-. The topological polar surface area (TPSA) is 17.8 Å². The number of nitrogens with zero attached hydrogens (tertiary/aromatic N) is 2. The van der Waals surface area contributed by atoms with Gasteiger partial charge in [-0.05, 0) is 97.4 Å². The third kappa shape index (κ3) is 4.86. The zero-order valence-corrected chi connectivity index (χ0v) is 26.4. The van der Waals surface area contributed by atoms with E-state index < -0.39 is 0 Å². The van der Waals surface area contributed by atoms with E-state index in [1.807, 2.05) is 18.5 Å². The number of pyridine rings is 1. The first-order valence-corrected chi connectivity index (χ1v) is 16.2. The van der Waals surface area contributed by atoms with Gasteiger partial charge in [0.15, 0.2) is 0 Å². The predicted molar refractivity (Wildman–Crippen MR) is 203 cm³/mol. The third-order valence-electron chi connectivity index (χ3n) is 9.18. The molecule has 0 bridgehead atoms. The average molecular weight is 603 g/mol. The number of rotatable bonds is 5. The highest BCUT2D eigenvalue weighted by Crippen LogP contribution is 2.42. The van der Waals surface area contributed by atoms with Gasteiger partial charge in [-0.25, -0.2) is 0 Å². The summed E-state index contributed by atoms with van der Waals surface area (Å²) in [5, 5.41) is 10.3. The third-order valence-corrected chi connectivity index (χ3v) is 9.18. The zero-order valence-electron chi connectivity index (χ0n) is 26.4. The Hall–Kier alpha value is -5.99. The number of aromatic nitrogens is 2.